The number of hydrogen-bond donors (Lipinski definition) is 3. The Morgan fingerprint density at radius 3 is 2.45 bits per heavy atom. The molecule has 0 fully saturated rings. The third-order valence-corrected chi connectivity index (χ3v) is 3.96. The fraction of sp³-hybridized carbons (Fsp3) is 0.273. The van der Waals surface area contributed by atoms with E-state index in [4.69, 9.17) is 21.8 Å². The van der Waals surface area contributed by atoms with E-state index in [9.17, 15) is 18.0 Å². The van der Waals surface area contributed by atoms with Gasteiger partial charge >= 0.3 is 5.97 Å². The Morgan fingerprint density at radius 1 is 1.40 bits per heavy atom. The van der Waals surface area contributed by atoms with Gasteiger partial charge < -0.3 is 15.5 Å². The van der Waals surface area contributed by atoms with Crippen molar-refractivity contribution in [1.29, 1.82) is 0 Å². The van der Waals surface area contributed by atoms with E-state index >= 15 is 0 Å². The second kappa shape index (κ2) is 6.21. The molecule has 1 rings (SSSR count). The number of nitrogens with one attached hydrogen (secondary N) is 1. The summed E-state index contributed by atoms with van der Waals surface area (Å²) in [6.45, 7) is -0.784. The Hall–Kier alpha value is -1.64. The minimum atomic E-state index is -3.62. The van der Waals surface area contributed by atoms with E-state index in [1.165, 1.54) is 12.1 Å². The number of aliphatic hydroxyl groups excluding tert-OH is 1. The van der Waals surface area contributed by atoms with Gasteiger partial charge in [-0.05, 0) is 18.2 Å². The van der Waals surface area contributed by atoms with Crippen LogP contribution in [0.25, 0.3) is 0 Å². The summed E-state index contributed by atoms with van der Waals surface area (Å²) < 4.78 is 22.9. The number of rotatable bonds is 5. The molecule has 7 nitrogen and oxygen atoms in total. The average molecular weight is 322 g/mol. The highest BCUT2D eigenvalue weighted by molar-refractivity contribution is 7.90. The van der Waals surface area contributed by atoms with Crippen LogP contribution in [0.3, 0.4) is 0 Å². The SMILES string of the molecule is CS(=O)(=O)c1cc(C(=O)NC(CO)C(=O)O)ccc1Cl. The first-order chi connectivity index (χ1) is 9.16. The Balaban J connectivity index is 3.09. The standard InChI is InChI=1S/C11H12ClNO6S/c1-20(18,19)9-4-6(2-3-7(9)12)10(15)13-8(5-14)11(16)17/h2-4,8,14H,5H2,1H3,(H,13,15)(H,16,17). The number of carboxylic acids is 1. The van der Waals surface area contributed by atoms with Crippen LogP contribution in [-0.4, -0.2) is 49.4 Å². The molecular weight excluding hydrogens is 310 g/mol. The Bertz CT molecular complexity index is 642. The van der Waals surface area contributed by atoms with Crippen LogP contribution in [0.4, 0.5) is 0 Å². The van der Waals surface area contributed by atoms with Gasteiger partial charge in [0, 0.05) is 11.8 Å². The molecule has 3 N–H and O–H groups in total. The van der Waals surface area contributed by atoms with Gasteiger partial charge in [0.05, 0.1) is 16.5 Å². The third-order valence-electron chi connectivity index (χ3n) is 2.38. The van der Waals surface area contributed by atoms with Gasteiger partial charge in [0.2, 0.25) is 0 Å². The summed E-state index contributed by atoms with van der Waals surface area (Å²) in [5, 5.41) is 19.5. The highest BCUT2D eigenvalue weighted by Crippen LogP contribution is 2.22. The van der Waals surface area contributed by atoms with Crippen LogP contribution in [0.1, 0.15) is 10.4 Å². The number of benzene rings is 1. The van der Waals surface area contributed by atoms with Crippen LogP contribution in [0.5, 0.6) is 0 Å². The van der Waals surface area contributed by atoms with Crippen LogP contribution in [0.15, 0.2) is 23.1 Å². The zero-order chi connectivity index (χ0) is 15.5. The molecular formula is C11H12ClNO6S. The van der Waals surface area contributed by atoms with Crippen molar-refractivity contribution in [2.24, 2.45) is 0 Å². The molecule has 1 aromatic carbocycles. The van der Waals surface area contributed by atoms with Gasteiger partial charge in [-0.25, -0.2) is 13.2 Å². The summed E-state index contributed by atoms with van der Waals surface area (Å²) in [7, 11) is -3.62. The summed E-state index contributed by atoms with van der Waals surface area (Å²) >= 11 is 5.72. The lowest BCUT2D eigenvalue weighted by atomic mass is 10.2. The summed E-state index contributed by atoms with van der Waals surface area (Å²) in [5.41, 5.74) is -0.0745. The number of aliphatic carboxylic acids is 1. The topological polar surface area (TPSA) is 121 Å². The van der Waals surface area contributed by atoms with Crippen molar-refractivity contribution in [2.45, 2.75) is 10.9 Å². The van der Waals surface area contributed by atoms with Crippen molar-refractivity contribution in [1.82, 2.24) is 5.32 Å². The lowest BCUT2D eigenvalue weighted by molar-refractivity contribution is -0.140. The Labute approximate surface area is 120 Å². The molecule has 0 bridgehead atoms. The maximum atomic E-state index is 11.8. The molecule has 0 radical (unpaired) electrons. The van der Waals surface area contributed by atoms with Crippen LogP contribution in [-0.2, 0) is 14.6 Å². The number of sulfone groups is 1. The average Bonchev–Trinajstić information content (AvgIpc) is 2.34. The van der Waals surface area contributed by atoms with Crippen molar-refractivity contribution >= 4 is 33.3 Å². The molecule has 0 saturated heterocycles. The second-order valence-electron chi connectivity index (χ2n) is 3.96. The maximum Gasteiger partial charge on any atom is 0.328 e. The van der Waals surface area contributed by atoms with E-state index in [0.717, 1.165) is 12.3 Å². The molecule has 0 aliphatic carbocycles. The number of carboxylic acid groups (broad SMARTS) is 1. The molecule has 0 aliphatic rings. The number of carbonyl (C=O) groups excluding carboxylic acids is 1. The van der Waals surface area contributed by atoms with E-state index in [1.807, 2.05) is 0 Å². The van der Waals surface area contributed by atoms with Gasteiger partial charge in [0.25, 0.3) is 5.91 Å². The zero-order valence-corrected chi connectivity index (χ0v) is 11.9. The highest BCUT2D eigenvalue weighted by Gasteiger charge is 2.21. The van der Waals surface area contributed by atoms with Crippen LogP contribution < -0.4 is 5.32 Å². The number of amides is 1. The lowest BCUT2D eigenvalue weighted by Gasteiger charge is -2.12. The fourth-order valence-corrected chi connectivity index (χ4v) is 2.66. The molecule has 0 heterocycles. The minimum Gasteiger partial charge on any atom is -0.480 e. The van der Waals surface area contributed by atoms with Crippen LogP contribution in [0.2, 0.25) is 5.02 Å². The molecule has 110 valence electrons. The predicted molar refractivity (Wildman–Crippen MR) is 70.5 cm³/mol. The van der Waals surface area contributed by atoms with E-state index in [1.54, 1.807) is 0 Å². The van der Waals surface area contributed by atoms with Gasteiger partial charge in [-0.2, -0.15) is 0 Å². The molecule has 0 aliphatic heterocycles. The highest BCUT2D eigenvalue weighted by atomic mass is 35.5. The molecule has 0 aromatic heterocycles. The van der Waals surface area contributed by atoms with Crippen LogP contribution >= 0.6 is 11.6 Å². The Morgan fingerprint density at radius 2 is 2.00 bits per heavy atom. The molecule has 1 amide bonds. The van der Waals surface area contributed by atoms with Crippen molar-refractivity contribution in [3.8, 4) is 0 Å². The van der Waals surface area contributed by atoms with Gasteiger partial charge in [0.15, 0.2) is 15.9 Å². The normalized spacial score (nSPS) is 12.8. The molecule has 20 heavy (non-hydrogen) atoms. The van der Waals surface area contributed by atoms with E-state index in [-0.39, 0.29) is 15.5 Å². The predicted octanol–water partition coefficient (Wildman–Crippen LogP) is -0.0812. The first-order valence-electron chi connectivity index (χ1n) is 5.31. The summed E-state index contributed by atoms with van der Waals surface area (Å²) in [4.78, 5) is 22.2. The number of hydrogen-bond acceptors (Lipinski definition) is 5. The second-order valence-corrected chi connectivity index (χ2v) is 6.36. The summed E-state index contributed by atoms with van der Waals surface area (Å²) in [6.07, 6.45) is 0.934. The maximum absolute atomic E-state index is 11.8. The van der Waals surface area contributed by atoms with Crippen LogP contribution in [0, 0.1) is 0 Å². The van der Waals surface area contributed by atoms with Gasteiger partial charge in [-0.1, -0.05) is 11.6 Å². The smallest absolute Gasteiger partial charge is 0.328 e. The number of carbonyl (C=O) groups is 2. The third kappa shape index (κ3) is 3.92. The molecule has 1 atom stereocenters. The number of halogens is 1. The molecule has 0 spiro atoms. The molecule has 0 saturated carbocycles. The van der Waals surface area contributed by atoms with Gasteiger partial charge in [-0.3, -0.25) is 4.79 Å². The molecule has 9 heteroatoms. The van der Waals surface area contributed by atoms with Gasteiger partial charge in [0.1, 0.15) is 0 Å². The molecule has 1 unspecified atom stereocenters. The number of aliphatic hydroxyl groups is 1. The van der Waals surface area contributed by atoms with Crippen molar-refractivity contribution in [3.63, 3.8) is 0 Å². The fourth-order valence-electron chi connectivity index (χ4n) is 1.36. The van der Waals surface area contributed by atoms with E-state index in [0.29, 0.717) is 0 Å². The van der Waals surface area contributed by atoms with E-state index < -0.39 is 34.4 Å². The van der Waals surface area contributed by atoms with Crippen molar-refractivity contribution in [2.75, 3.05) is 12.9 Å². The van der Waals surface area contributed by atoms with Gasteiger partial charge in [-0.15, -0.1) is 0 Å². The monoisotopic (exact) mass is 321 g/mol. The van der Waals surface area contributed by atoms with E-state index in [2.05, 4.69) is 5.32 Å². The first kappa shape index (κ1) is 16.4. The lowest BCUT2D eigenvalue weighted by Crippen LogP contribution is -2.43. The first-order valence-corrected chi connectivity index (χ1v) is 7.58. The summed E-state index contributed by atoms with van der Waals surface area (Å²) in [6, 6.07) is 2.05. The quantitative estimate of drug-likeness (QED) is 0.697. The van der Waals surface area contributed by atoms with Crippen molar-refractivity contribution in [3.05, 3.63) is 28.8 Å². The molecule has 1 aromatic rings. The summed E-state index contributed by atoms with van der Waals surface area (Å²) in [5.74, 6) is -2.23. The van der Waals surface area contributed by atoms with Crippen molar-refractivity contribution < 1.29 is 28.2 Å². The largest absolute Gasteiger partial charge is 0.480 e. The minimum absolute atomic E-state index is 0.0407. The Kier molecular flexibility index (Phi) is 5.09. The zero-order valence-electron chi connectivity index (χ0n) is 10.3.